The van der Waals surface area contributed by atoms with Gasteiger partial charge in [0.1, 0.15) is 3.70 Å². The summed E-state index contributed by atoms with van der Waals surface area (Å²) < 4.78 is 1.11. The van der Waals surface area contributed by atoms with Crippen molar-refractivity contribution in [2.24, 2.45) is 0 Å². The molecule has 0 atom stereocenters. The average molecular weight is 286 g/mol. The maximum atomic E-state index is 4.23. The average Bonchev–Trinajstić information content (AvgIpc) is 2.47. The monoisotopic (exact) mass is 286 g/mol. The second-order valence-electron chi connectivity index (χ2n) is 3.47. The molecular formula is C10H11IN2. The van der Waals surface area contributed by atoms with Gasteiger partial charge in [-0.1, -0.05) is 19.9 Å². The summed E-state index contributed by atoms with van der Waals surface area (Å²) in [5, 5.41) is 8.42. The zero-order valence-corrected chi connectivity index (χ0v) is 9.79. The van der Waals surface area contributed by atoms with Gasteiger partial charge in [-0.05, 0) is 46.2 Å². The number of nitrogens with one attached hydrogen (secondary N) is 1. The molecule has 1 aromatic heterocycles. The third-order valence-corrected chi connectivity index (χ3v) is 3.02. The number of nitrogens with zero attached hydrogens (tertiary/aromatic N) is 1. The zero-order chi connectivity index (χ0) is 9.42. The van der Waals surface area contributed by atoms with E-state index in [1.807, 2.05) is 0 Å². The molecule has 13 heavy (non-hydrogen) atoms. The van der Waals surface area contributed by atoms with Gasteiger partial charge >= 0.3 is 0 Å². The van der Waals surface area contributed by atoms with Crippen LogP contribution in [0.1, 0.15) is 25.3 Å². The van der Waals surface area contributed by atoms with E-state index in [0.29, 0.717) is 5.92 Å². The number of fused-ring (bicyclic) bond motifs is 1. The van der Waals surface area contributed by atoms with Crippen LogP contribution in [0, 0.1) is 3.70 Å². The van der Waals surface area contributed by atoms with Gasteiger partial charge in [0, 0.05) is 5.39 Å². The number of hydrogen-bond donors (Lipinski definition) is 1. The number of hydrogen-bond acceptors (Lipinski definition) is 1. The zero-order valence-electron chi connectivity index (χ0n) is 7.63. The SMILES string of the molecule is CC(C)c1ccc2c(I)[nH]nc2c1. The lowest BCUT2D eigenvalue weighted by Crippen LogP contribution is -1.85. The molecule has 2 nitrogen and oxygen atoms in total. The number of halogens is 1. The maximum Gasteiger partial charge on any atom is 0.104 e. The van der Waals surface area contributed by atoms with Crippen LogP contribution in [-0.4, -0.2) is 10.2 Å². The van der Waals surface area contributed by atoms with Gasteiger partial charge in [0.2, 0.25) is 0 Å². The molecule has 0 spiro atoms. The molecule has 0 saturated carbocycles. The fourth-order valence-electron chi connectivity index (χ4n) is 1.36. The van der Waals surface area contributed by atoms with Gasteiger partial charge in [-0.3, -0.25) is 5.10 Å². The predicted octanol–water partition coefficient (Wildman–Crippen LogP) is 3.29. The van der Waals surface area contributed by atoms with Gasteiger partial charge in [-0.15, -0.1) is 0 Å². The Labute approximate surface area is 90.9 Å². The van der Waals surface area contributed by atoms with Gasteiger partial charge in [0.05, 0.1) is 5.52 Å². The highest BCUT2D eigenvalue weighted by molar-refractivity contribution is 14.1. The summed E-state index contributed by atoms with van der Waals surface area (Å²) in [4.78, 5) is 0. The number of rotatable bonds is 1. The number of aromatic nitrogens is 2. The molecule has 0 aliphatic heterocycles. The predicted molar refractivity (Wildman–Crippen MR) is 62.9 cm³/mol. The lowest BCUT2D eigenvalue weighted by Gasteiger charge is -2.03. The highest BCUT2D eigenvalue weighted by Crippen LogP contribution is 2.22. The van der Waals surface area contributed by atoms with Crippen molar-refractivity contribution in [2.45, 2.75) is 19.8 Å². The van der Waals surface area contributed by atoms with Crippen molar-refractivity contribution in [3.05, 3.63) is 27.5 Å². The molecule has 1 heterocycles. The first-order valence-electron chi connectivity index (χ1n) is 4.32. The molecule has 0 unspecified atom stereocenters. The summed E-state index contributed by atoms with van der Waals surface area (Å²) >= 11 is 2.26. The van der Waals surface area contributed by atoms with Crippen LogP contribution in [0.4, 0.5) is 0 Å². The summed E-state index contributed by atoms with van der Waals surface area (Å²) in [7, 11) is 0. The molecule has 0 radical (unpaired) electrons. The molecule has 0 amide bonds. The Morgan fingerprint density at radius 3 is 2.85 bits per heavy atom. The van der Waals surface area contributed by atoms with Gasteiger partial charge < -0.3 is 0 Å². The molecule has 2 aromatic rings. The minimum atomic E-state index is 0.568. The molecule has 0 aliphatic rings. The van der Waals surface area contributed by atoms with Gasteiger partial charge in [-0.2, -0.15) is 5.10 Å². The molecule has 68 valence electrons. The lowest BCUT2D eigenvalue weighted by atomic mass is 10.0. The third kappa shape index (κ3) is 1.57. The van der Waals surface area contributed by atoms with E-state index in [4.69, 9.17) is 0 Å². The van der Waals surface area contributed by atoms with E-state index in [1.54, 1.807) is 0 Å². The van der Waals surface area contributed by atoms with Crippen LogP contribution in [-0.2, 0) is 0 Å². The quantitative estimate of drug-likeness (QED) is 0.801. The Morgan fingerprint density at radius 2 is 2.15 bits per heavy atom. The van der Waals surface area contributed by atoms with E-state index in [9.17, 15) is 0 Å². The van der Waals surface area contributed by atoms with Gasteiger partial charge in [0.15, 0.2) is 0 Å². The second-order valence-corrected chi connectivity index (χ2v) is 4.55. The minimum absolute atomic E-state index is 0.568. The number of H-pyrrole nitrogens is 1. The molecule has 0 fully saturated rings. The molecule has 0 aliphatic carbocycles. The van der Waals surface area contributed by atoms with Crippen molar-refractivity contribution in [2.75, 3.05) is 0 Å². The van der Waals surface area contributed by atoms with E-state index in [1.165, 1.54) is 10.9 Å². The molecule has 1 N–H and O–H groups in total. The van der Waals surface area contributed by atoms with E-state index in [-0.39, 0.29) is 0 Å². The van der Waals surface area contributed by atoms with Crippen molar-refractivity contribution in [3.63, 3.8) is 0 Å². The maximum absolute atomic E-state index is 4.23. The van der Waals surface area contributed by atoms with Crippen LogP contribution in [0.5, 0.6) is 0 Å². The van der Waals surface area contributed by atoms with Crippen LogP contribution >= 0.6 is 22.6 Å². The van der Waals surface area contributed by atoms with Crippen molar-refractivity contribution < 1.29 is 0 Å². The van der Waals surface area contributed by atoms with Gasteiger partial charge in [-0.25, -0.2) is 0 Å². The topological polar surface area (TPSA) is 28.7 Å². The Morgan fingerprint density at radius 1 is 1.38 bits per heavy atom. The minimum Gasteiger partial charge on any atom is -0.271 e. The van der Waals surface area contributed by atoms with E-state index in [0.717, 1.165) is 9.22 Å². The third-order valence-electron chi connectivity index (χ3n) is 2.20. The molecule has 0 saturated heterocycles. The number of aromatic amines is 1. The van der Waals surface area contributed by atoms with E-state index >= 15 is 0 Å². The highest BCUT2D eigenvalue weighted by Gasteiger charge is 2.04. The normalized spacial score (nSPS) is 11.4. The molecule has 1 aromatic carbocycles. The summed E-state index contributed by atoms with van der Waals surface area (Å²) in [6.45, 7) is 4.39. The lowest BCUT2D eigenvalue weighted by molar-refractivity contribution is 0.868. The largest absolute Gasteiger partial charge is 0.271 e. The van der Waals surface area contributed by atoms with Crippen molar-refractivity contribution >= 4 is 33.5 Å². The summed E-state index contributed by atoms with van der Waals surface area (Å²) in [5.74, 6) is 0.568. The second kappa shape index (κ2) is 3.29. The summed E-state index contributed by atoms with van der Waals surface area (Å²) in [5.41, 5.74) is 2.41. The summed E-state index contributed by atoms with van der Waals surface area (Å²) in [6.07, 6.45) is 0. The van der Waals surface area contributed by atoms with Crippen LogP contribution < -0.4 is 0 Å². The fourth-order valence-corrected chi connectivity index (χ4v) is 1.93. The molecule has 0 bridgehead atoms. The van der Waals surface area contributed by atoms with Crippen molar-refractivity contribution in [1.29, 1.82) is 0 Å². The Kier molecular flexibility index (Phi) is 2.27. The van der Waals surface area contributed by atoms with Crippen LogP contribution in [0.25, 0.3) is 10.9 Å². The molecule has 3 heteroatoms. The van der Waals surface area contributed by atoms with Crippen molar-refractivity contribution in [1.82, 2.24) is 10.2 Å². The Hall–Kier alpha value is -0.580. The van der Waals surface area contributed by atoms with Crippen LogP contribution in [0.15, 0.2) is 18.2 Å². The fraction of sp³-hybridized carbons (Fsp3) is 0.300. The van der Waals surface area contributed by atoms with Gasteiger partial charge in [0.25, 0.3) is 0 Å². The van der Waals surface area contributed by atoms with E-state index < -0.39 is 0 Å². The smallest absolute Gasteiger partial charge is 0.104 e. The van der Waals surface area contributed by atoms with E-state index in [2.05, 4.69) is 64.8 Å². The first kappa shape index (κ1) is 8.99. The molecular weight excluding hydrogens is 275 g/mol. The van der Waals surface area contributed by atoms with Crippen molar-refractivity contribution in [3.8, 4) is 0 Å². The Bertz CT molecular complexity index is 431. The van der Waals surface area contributed by atoms with Crippen LogP contribution in [0.3, 0.4) is 0 Å². The molecule has 2 rings (SSSR count). The standard InChI is InChI=1S/C10H11IN2/c1-6(2)7-3-4-8-9(5-7)12-13-10(8)11/h3-6H,1-2H3,(H,12,13). The summed E-state index contributed by atoms with van der Waals surface area (Å²) in [6, 6.07) is 6.46. The highest BCUT2D eigenvalue weighted by atomic mass is 127. The Balaban J connectivity index is 2.63. The van der Waals surface area contributed by atoms with Crippen LogP contribution in [0.2, 0.25) is 0 Å². The first-order chi connectivity index (χ1) is 6.18. The first-order valence-corrected chi connectivity index (χ1v) is 5.40. The number of benzene rings is 1.